The summed E-state index contributed by atoms with van der Waals surface area (Å²) >= 11 is 0. The smallest absolute Gasteiger partial charge is 0.255 e. The molecule has 2 atom stereocenters. The van der Waals surface area contributed by atoms with Crippen molar-refractivity contribution in [2.45, 2.75) is 57.0 Å². The van der Waals surface area contributed by atoms with Crippen LogP contribution in [-0.2, 0) is 28.0 Å². The molecule has 1 aliphatic carbocycles. The number of carbonyl (C=O) groups is 2. The van der Waals surface area contributed by atoms with Crippen LogP contribution in [0.4, 0.5) is 14.6 Å². The second-order valence-electron chi connectivity index (χ2n) is 12.1. The first kappa shape index (κ1) is 30.1. The van der Waals surface area contributed by atoms with Gasteiger partial charge in [-0.3, -0.25) is 14.6 Å². The molecule has 1 unspecified atom stereocenters. The number of hydrogen-bond acceptors (Lipinski definition) is 5. The van der Waals surface area contributed by atoms with Gasteiger partial charge in [0.25, 0.3) is 5.91 Å². The number of aryl methyl sites for hydroxylation is 1. The molecule has 4 aromatic rings. The van der Waals surface area contributed by atoms with Crippen LogP contribution in [0.25, 0.3) is 0 Å². The molecular weight excluding hydrogens is 574 g/mol. The van der Waals surface area contributed by atoms with Crippen LogP contribution in [-0.4, -0.2) is 50.2 Å². The zero-order valence-electron chi connectivity index (χ0n) is 25.2. The van der Waals surface area contributed by atoms with Gasteiger partial charge < -0.3 is 14.8 Å². The van der Waals surface area contributed by atoms with Crippen LogP contribution in [0.2, 0.25) is 0 Å². The number of fused-ring (bicyclic) bond motifs is 1. The molecular formula is C35H34F2N6O2. The first-order valence-corrected chi connectivity index (χ1v) is 15.1. The summed E-state index contributed by atoms with van der Waals surface area (Å²) in [6, 6.07) is 14.4. The van der Waals surface area contributed by atoms with Crippen molar-refractivity contribution in [1.29, 1.82) is 0 Å². The molecule has 1 fully saturated rings. The lowest BCUT2D eigenvalue weighted by Crippen LogP contribution is -2.45. The molecule has 1 aliphatic heterocycles. The third-order valence-corrected chi connectivity index (χ3v) is 8.71. The largest absolute Gasteiger partial charge is 0.340 e. The Bertz CT molecular complexity index is 1780. The van der Waals surface area contributed by atoms with Gasteiger partial charge in [-0.25, -0.2) is 18.8 Å². The fourth-order valence-electron chi connectivity index (χ4n) is 6.07. The quantitative estimate of drug-likeness (QED) is 0.270. The molecule has 1 N–H and O–H groups in total. The van der Waals surface area contributed by atoms with Gasteiger partial charge in [0, 0.05) is 50.1 Å². The van der Waals surface area contributed by atoms with E-state index in [2.05, 4.69) is 26.1 Å². The van der Waals surface area contributed by atoms with Crippen molar-refractivity contribution >= 4 is 23.5 Å². The van der Waals surface area contributed by atoms with E-state index in [4.69, 9.17) is 0 Å². The van der Waals surface area contributed by atoms with Crippen molar-refractivity contribution in [2.75, 3.05) is 18.4 Å². The van der Waals surface area contributed by atoms with Crippen molar-refractivity contribution in [3.63, 3.8) is 0 Å². The molecule has 10 heteroatoms. The lowest BCUT2D eigenvalue weighted by atomic mass is 9.88. The monoisotopic (exact) mass is 608 g/mol. The number of imidazole rings is 1. The number of benzene rings is 2. The van der Waals surface area contributed by atoms with Crippen LogP contribution in [0.3, 0.4) is 0 Å². The Morgan fingerprint density at radius 3 is 2.64 bits per heavy atom. The highest BCUT2D eigenvalue weighted by Crippen LogP contribution is 2.31. The Morgan fingerprint density at radius 1 is 1.09 bits per heavy atom. The Balaban J connectivity index is 1.17. The van der Waals surface area contributed by atoms with E-state index in [9.17, 15) is 18.4 Å². The standard InChI is InChI=1S/C35H34F2N6O2/c1-35(2,34(45)42-15-12-27(20-42)24-10-13-38-14-11-24)43-21-31(40-22-43)41-33(44)32(25-6-4-3-5-7-25)39-19-23-8-9-26-17-28(36)18-30(37)29(26)16-23/h3-7,10-11,13-14,17-18,21-22,27,32H,8-9,12,15-16,20H2,1-2H3,(H,41,44)/t27?,32-/m0/s1. The number of likely N-dealkylation sites (tertiary alicyclic amines) is 1. The Labute approximate surface area is 260 Å². The van der Waals surface area contributed by atoms with Gasteiger partial charge in [0.1, 0.15) is 17.2 Å². The van der Waals surface area contributed by atoms with Crippen LogP contribution in [0.5, 0.6) is 0 Å². The molecule has 45 heavy (non-hydrogen) atoms. The first-order valence-electron chi connectivity index (χ1n) is 15.1. The van der Waals surface area contributed by atoms with E-state index in [1.165, 1.54) is 11.6 Å². The number of amides is 2. The summed E-state index contributed by atoms with van der Waals surface area (Å²) in [7, 11) is 0. The Hall–Kier alpha value is -4.95. The van der Waals surface area contributed by atoms with Crippen molar-refractivity contribution in [2.24, 2.45) is 4.99 Å². The highest BCUT2D eigenvalue weighted by atomic mass is 19.1. The van der Waals surface area contributed by atoms with Gasteiger partial charge in [-0.05, 0) is 85.0 Å². The maximum Gasteiger partial charge on any atom is 0.255 e. The molecule has 0 saturated carbocycles. The molecule has 0 spiro atoms. The number of nitrogens with one attached hydrogen (secondary N) is 1. The van der Waals surface area contributed by atoms with E-state index in [1.54, 1.807) is 41.6 Å². The SMILES string of the molecule is CC(C)(C(=O)N1CCC(c2ccncc2)C1)n1cnc(NC(=O)[C@@H](N=C=C2CCc3cc(F)cc(F)c3C2)c2ccccc2)c1. The minimum Gasteiger partial charge on any atom is -0.340 e. The van der Waals surface area contributed by atoms with E-state index in [0.717, 1.165) is 18.1 Å². The second kappa shape index (κ2) is 12.6. The van der Waals surface area contributed by atoms with Crippen LogP contribution in [0.1, 0.15) is 60.9 Å². The number of carbonyl (C=O) groups excluding carboxylic acids is 2. The fraction of sp³-hybridized carbons (Fsp3) is 0.314. The van der Waals surface area contributed by atoms with Crippen LogP contribution in [0.15, 0.2) is 90.1 Å². The van der Waals surface area contributed by atoms with Crippen LogP contribution < -0.4 is 5.32 Å². The summed E-state index contributed by atoms with van der Waals surface area (Å²) in [5, 5.41) is 2.84. The number of hydrogen-bond donors (Lipinski definition) is 1. The third-order valence-electron chi connectivity index (χ3n) is 8.71. The summed E-state index contributed by atoms with van der Waals surface area (Å²) in [5.74, 6) is 1.93. The van der Waals surface area contributed by atoms with E-state index < -0.39 is 29.1 Å². The van der Waals surface area contributed by atoms with Crippen molar-refractivity contribution in [3.05, 3.63) is 119 Å². The third kappa shape index (κ3) is 6.47. The maximum absolute atomic E-state index is 14.4. The molecule has 8 nitrogen and oxygen atoms in total. The number of anilines is 1. The zero-order chi connectivity index (χ0) is 31.6. The van der Waals surface area contributed by atoms with Gasteiger partial charge in [0.15, 0.2) is 11.9 Å². The molecule has 0 radical (unpaired) electrons. The molecule has 2 aromatic heterocycles. The number of aliphatic imine (C=N–C) groups is 1. The van der Waals surface area contributed by atoms with E-state index in [1.807, 2.05) is 49.1 Å². The molecule has 1 saturated heterocycles. The van der Waals surface area contributed by atoms with Gasteiger partial charge in [0.2, 0.25) is 5.91 Å². The molecule has 0 bridgehead atoms. The lowest BCUT2D eigenvalue weighted by molar-refractivity contribution is -0.138. The Morgan fingerprint density at radius 2 is 1.87 bits per heavy atom. The van der Waals surface area contributed by atoms with Gasteiger partial charge in [-0.2, -0.15) is 0 Å². The molecule has 2 aliphatic rings. The topological polar surface area (TPSA) is 92.5 Å². The molecule has 3 heterocycles. The van der Waals surface area contributed by atoms with Crippen molar-refractivity contribution in [3.8, 4) is 0 Å². The van der Waals surface area contributed by atoms with Crippen molar-refractivity contribution < 1.29 is 18.4 Å². The molecule has 6 rings (SSSR count). The minimum atomic E-state index is -0.937. The average molecular weight is 609 g/mol. The summed E-state index contributed by atoms with van der Waals surface area (Å²) in [5.41, 5.74) is 2.71. The summed E-state index contributed by atoms with van der Waals surface area (Å²) < 4.78 is 29.8. The van der Waals surface area contributed by atoms with Crippen LogP contribution in [0, 0.1) is 11.6 Å². The molecule has 230 valence electrons. The highest BCUT2D eigenvalue weighted by molar-refractivity contribution is 5.95. The average Bonchev–Trinajstić information content (AvgIpc) is 3.73. The summed E-state index contributed by atoms with van der Waals surface area (Å²) in [6.45, 7) is 4.97. The predicted molar refractivity (Wildman–Crippen MR) is 167 cm³/mol. The first-order chi connectivity index (χ1) is 21.7. The summed E-state index contributed by atoms with van der Waals surface area (Å²) in [6.07, 6.45) is 8.88. The van der Waals surface area contributed by atoms with Gasteiger partial charge >= 0.3 is 0 Å². The van der Waals surface area contributed by atoms with E-state index in [-0.39, 0.29) is 24.1 Å². The van der Waals surface area contributed by atoms with Crippen LogP contribution >= 0.6 is 0 Å². The minimum absolute atomic E-state index is 0.0269. The number of pyridine rings is 1. The zero-order valence-corrected chi connectivity index (χ0v) is 25.2. The normalized spacial score (nSPS) is 16.9. The number of nitrogens with zero attached hydrogens (tertiary/aromatic N) is 5. The Kier molecular flexibility index (Phi) is 8.41. The highest BCUT2D eigenvalue weighted by Gasteiger charge is 2.38. The van der Waals surface area contributed by atoms with Crippen molar-refractivity contribution in [1.82, 2.24) is 19.4 Å². The molecule has 2 aromatic carbocycles. The van der Waals surface area contributed by atoms with E-state index in [0.29, 0.717) is 42.6 Å². The van der Waals surface area contributed by atoms with Gasteiger partial charge in [0.05, 0.1) is 6.33 Å². The fourth-order valence-corrected chi connectivity index (χ4v) is 6.07. The number of rotatable bonds is 7. The second-order valence-corrected chi connectivity index (χ2v) is 12.1. The molecule has 2 amide bonds. The number of halogens is 2. The number of allylic oxidation sites excluding steroid dienone is 1. The maximum atomic E-state index is 14.4. The number of aromatic nitrogens is 3. The lowest BCUT2D eigenvalue weighted by Gasteiger charge is -2.30. The van der Waals surface area contributed by atoms with E-state index >= 15 is 0 Å². The summed E-state index contributed by atoms with van der Waals surface area (Å²) in [4.78, 5) is 42.0. The van der Waals surface area contributed by atoms with Gasteiger partial charge in [-0.15, -0.1) is 0 Å². The van der Waals surface area contributed by atoms with Gasteiger partial charge in [-0.1, -0.05) is 30.3 Å². The predicted octanol–water partition coefficient (Wildman–Crippen LogP) is 5.77.